The van der Waals surface area contributed by atoms with Crippen molar-refractivity contribution in [3.8, 4) is 5.75 Å². The fourth-order valence-electron chi connectivity index (χ4n) is 2.20. The van der Waals surface area contributed by atoms with Crippen LogP contribution in [0, 0.1) is 5.92 Å². The number of aromatic hydroxyl groups is 1. The molecule has 3 N–H and O–H groups in total. The van der Waals surface area contributed by atoms with Gasteiger partial charge in [0, 0.05) is 5.56 Å². The zero-order valence-electron chi connectivity index (χ0n) is 14.7. The molecule has 0 radical (unpaired) electrons. The largest absolute Gasteiger partial charge is 0.508 e. The molecule has 2 amide bonds. The van der Waals surface area contributed by atoms with E-state index >= 15 is 0 Å². The summed E-state index contributed by atoms with van der Waals surface area (Å²) in [6.45, 7) is 3.62. The van der Waals surface area contributed by atoms with Crippen molar-refractivity contribution in [1.82, 2.24) is 10.7 Å². The average molecular weight is 408 g/mol. The first-order valence-corrected chi connectivity index (χ1v) is 8.91. The lowest BCUT2D eigenvalue weighted by molar-refractivity contribution is -0.123. The molecule has 2 aromatic rings. The van der Waals surface area contributed by atoms with Crippen molar-refractivity contribution in [3.63, 3.8) is 0 Å². The topological polar surface area (TPSA) is 90.8 Å². The molecule has 0 aliphatic heterocycles. The van der Waals surface area contributed by atoms with Crippen molar-refractivity contribution < 1.29 is 14.7 Å². The number of nitrogens with one attached hydrogen (secondary N) is 2. The number of halogens is 2. The van der Waals surface area contributed by atoms with Crippen molar-refractivity contribution >= 4 is 41.2 Å². The van der Waals surface area contributed by atoms with E-state index in [0.717, 1.165) is 0 Å². The van der Waals surface area contributed by atoms with Gasteiger partial charge in [-0.3, -0.25) is 9.59 Å². The molecule has 0 saturated heterocycles. The summed E-state index contributed by atoms with van der Waals surface area (Å²) < 4.78 is 0. The Balaban J connectivity index is 2.02. The molecule has 142 valence electrons. The predicted octanol–water partition coefficient (Wildman–Crippen LogP) is 3.60. The molecule has 0 fully saturated rings. The van der Waals surface area contributed by atoms with E-state index in [1.807, 2.05) is 13.8 Å². The summed E-state index contributed by atoms with van der Waals surface area (Å²) >= 11 is 11.8. The van der Waals surface area contributed by atoms with E-state index in [-0.39, 0.29) is 16.7 Å². The third-order valence-electron chi connectivity index (χ3n) is 3.70. The van der Waals surface area contributed by atoms with Gasteiger partial charge in [-0.25, -0.2) is 5.43 Å². The molecule has 0 heterocycles. The molecule has 27 heavy (non-hydrogen) atoms. The summed E-state index contributed by atoms with van der Waals surface area (Å²) in [5.41, 5.74) is 3.41. The first kappa shape index (κ1) is 20.7. The van der Waals surface area contributed by atoms with Gasteiger partial charge >= 0.3 is 0 Å². The van der Waals surface area contributed by atoms with Crippen LogP contribution in [0.1, 0.15) is 29.8 Å². The van der Waals surface area contributed by atoms with E-state index in [0.29, 0.717) is 16.1 Å². The zero-order valence-corrected chi connectivity index (χ0v) is 16.3. The van der Waals surface area contributed by atoms with E-state index in [1.165, 1.54) is 36.5 Å². The minimum absolute atomic E-state index is 0.140. The average Bonchev–Trinajstić information content (AvgIpc) is 2.63. The highest BCUT2D eigenvalue weighted by atomic mass is 35.5. The van der Waals surface area contributed by atoms with Crippen LogP contribution in [0.2, 0.25) is 10.0 Å². The number of hydrogen-bond acceptors (Lipinski definition) is 4. The Morgan fingerprint density at radius 2 is 1.74 bits per heavy atom. The molecule has 0 aliphatic rings. The van der Waals surface area contributed by atoms with Crippen LogP contribution < -0.4 is 10.7 Å². The fourth-order valence-corrected chi connectivity index (χ4v) is 2.50. The Hall–Kier alpha value is -2.57. The van der Waals surface area contributed by atoms with E-state index in [1.54, 1.807) is 12.1 Å². The number of carbonyl (C=O) groups is 2. The minimum atomic E-state index is -0.788. The summed E-state index contributed by atoms with van der Waals surface area (Å²) in [5.74, 6) is -0.917. The monoisotopic (exact) mass is 407 g/mol. The summed E-state index contributed by atoms with van der Waals surface area (Å²) in [7, 11) is 0. The highest BCUT2D eigenvalue weighted by Crippen LogP contribution is 2.22. The Kier molecular flexibility index (Phi) is 7.21. The third kappa shape index (κ3) is 5.98. The lowest BCUT2D eigenvalue weighted by atomic mass is 10.0. The Labute approximate surface area is 167 Å². The van der Waals surface area contributed by atoms with E-state index in [2.05, 4.69) is 15.8 Å². The van der Waals surface area contributed by atoms with Gasteiger partial charge in [0.1, 0.15) is 11.8 Å². The van der Waals surface area contributed by atoms with E-state index in [9.17, 15) is 14.7 Å². The van der Waals surface area contributed by atoms with E-state index in [4.69, 9.17) is 23.2 Å². The maximum Gasteiger partial charge on any atom is 0.262 e. The molecule has 0 aliphatic carbocycles. The summed E-state index contributed by atoms with van der Waals surface area (Å²) in [6, 6.07) is 10.0. The van der Waals surface area contributed by atoms with Gasteiger partial charge in [-0.15, -0.1) is 0 Å². The number of rotatable bonds is 6. The van der Waals surface area contributed by atoms with Crippen molar-refractivity contribution in [3.05, 3.63) is 63.6 Å². The predicted molar refractivity (Wildman–Crippen MR) is 106 cm³/mol. The molecule has 0 bridgehead atoms. The van der Waals surface area contributed by atoms with Crippen LogP contribution in [-0.2, 0) is 4.79 Å². The van der Waals surface area contributed by atoms with Gasteiger partial charge in [-0.1, -0.05) is 37.0 Å². The zero-order chi connectivity index (χ0) is 20.0. The summed E-state index contributed by atoms with van der Waals surface area (Å²) in [6.07, 6.45) is 1.44. The van der Waals surface area contributed by atoms with Crippen LogP contribution in [0.15, 0.2) is 47.6 Å². The van der Waals surface area contributed by atoms with E-state index < -0.39 is 17.9 Å². The number of hydrazone groups is 1. The van der Waals surface area contributed by atoms with Crippen molar-refractivity contribution in [2.24, 2.45) is 11.0 Å². The van der Waals surface area contributed by atoms with Gasteiger partial charge in [0.05, 0.1) is 16.3 Å². The second-order valence-electron chi connectivity index (χ2n) is 6.15. The second kappa shape index (κ2) is 9.39. The SMILES string of the molecule is CC(C)C(NC(=O)c1ccc(Cl)c(Cl)c1)C(=O)NN=Cc1ccc(O)cc1. The van der Waals surface area contributed by atoms with Crippen LogP contribution in [0.5, 0.6) is 5.75 Å². The molecule has 6 nitrogen and oxygen atoms in total. The highest BCUT2D eigenvalue weighted by molar-refractivity contribution is 6.42. The maximum atomic E-state index is 12.4. The van der Waals surface area contributed by atoms with Crippen LogP contribution in [0.4, 0.5) is 0 Å². The lowest BCUT2D eigenvalue weighted by Crippen LogP contribution is -2.48. The fraction of sp³-hybridized carbons (Fsp3) is 0.211. The molecule has 1 unspecified atom stereocenters. The third-order valence-corrected chi connectivity index (χ3v) is 4.44. The number of benzene rings is 2. The van der Waals surface area contributed by atoms with Gasteiger partial charge in [0.15, 0.2) is 0 Å². The number of phenols is 1. The Bertz CT molecular complexity index is 852. The molecule has 0 spiro atoms. The summed E-state index contributed by atoms with van der Waals surface area (Å²) in [5, 5.41) is 16.4. The van der Waals surface area contributed by atoms with Crippen LogP contribution in [0.3, 0.4) is 0 Å². The highest BCUT2D eigenvalue weighted by Gasteiger charge is 2.24. The standard InChI is InChI=1S/C19H19Cl2N3O3/c1-11(2)17(23-18(26)13-5-8-15(20)16(21)9-13)19(27)24-22-10-12-3-6-14(25)7-4-12/h3-11,17,25H,1-2H3,(H,23,26)(H,24,27). The van der Waals surface area contributed by atoms with Gasteiger partial charge in [-0.2, -0.15) is 5.10 Å². The van der Waals surface area contributed by atoms with Crippen LogP contribution >= 0.6 is 23.2 Å². The maximum absolute atomic E-state index is 12.4. The number of nitrogens with zero attached hydrogens (tertiary/aromatic N) is 1. The van der Waals surface area contributed by atoms with Crippen molar-refractivity contribution in [2.75, 3.05) is 0 Å². The molecule has 1 atom stereocenters. The number of amides is 2. The number of hydrogen-bond donors (Lipinski definition) is 3. The lowest BCUT2D eigenvalue weighted by Gasteiger charge is -2.20. The van der Waals surface area contributed by atoms with Gasteiger partial charge < -0.3 is 10.4 Å². The molecular weight excluding hydrogens is 389 g/mol. The molecule has 0 aromatic heterocycles. The smallest absolute Gasteiger partial charge is 0.262 e. The Morgan fingerprint density at radius 1 is 1.07 bits per heavy atom. The van der Waals surface area contributed by atoms with Crippen LogP contribution in [0.25, 0.3) is 0 Å². The minimum Gasteiger partial charge on any atom is -0.508 e. The number of phenolic OH excluding ortho intramolecular Hbond substituents is 1. The Morgan fingerprint density at radius 3 is 2.33 bits per heavy atom. The normalized spacial score (nSPS) is 12.2. The van der Waals surface area contributed by atoms with Crippen molar-refractivity contribution in [1.29, 1.82) is 0 Å². The van der Waals surface area contributed by atoms with Crippen molar-refractivity contribution in [2.45, 2.75) is 19.9 Å². The number of carbonyl (C=O) groups excluding carboxylic acids is 2. The summed E-state index contributed by atoms with van der Waals surface area (Å²) in [4.78, 5) is 24.8. The first-order chi connectivity index (χ1) is 12.8. The quantitative estimate of drug-likeness (QED) is 0.504. The molecular formula is C19H19Cl2N3O3. The molecule has 0 saturated carbocycles. The molecule has 2 rings (SSSR count). The molecule has 2 aromatic carbocycles. The van der Waals surface area contributed by atoms with Crippen LogP contribution in [-0.4, -0.2) is 29.2 Å². The second-order valence-corrected chi connectivity index (χ2v) is 6.96. The van der Waals surface area contributed by atoms with Gasteiger partial charge in [0.25, 0.3) is 11.8 Å². The van der Waals surface area contributed by atoms with Gasteiger partial charge in [-0.05, 0) is 53.9 Å². The molecule has 8 heteroatoms. The van der Waals surface area contributed by atoms with Gasteiger partial charge in [0.2, 0.25) is 0 Å². The first-order valence-electron chi connectivity index (χ1n) is 8.16.